The van der Waals surface area contributed by atoms with Gasteiger partial charge < -0.3 is 19.9 Å². The van der Waals surface area contributed by atoms with E-state index in [9.17, 15) is 26.4 Å². The minimum atomic E-state index is -4.81. The second-order valence-corrected chi connectivity index (χ2v) is 14.9. The molecule has 2 aromatic heterocycles. The van der Waals surface area contributed by atoms with E-state index >= 15 is 0 Å². The fourth-order valence-electron chi connectivity index (χ4n) is 6.50. The van der Waals surface area contributed by atoms with Gasteiger partial charge in [-0.25, -0.2) is 18.4 Å². The highest BCUT2D eigenvalue weighted by Crippen LogP contribution is 2.43. The van der Waals surface area contributed by atoms with E-state index in [1.54, 1.807) is 0 Å². The number of thiophene rings is 1. The summed E-state index contributed by atoms with van der Waals surface area (Å²) in [5.74, 6) is -0.924. The lowest BCUT2D eigenvalue weighted by Crippen LogP contribution is -2.52. The fourth-order valence-corrected chi connectivity index (χ4v) is 9.41. The van der Waals surface area contributed by atoms with E-state index in [2.05, 4.69) is 38.2 Å². The molecule has 44 heavy (non-hydrogen) atoms. The molecule has 0 aliphatic carbocycles. The minimum Gasteiger partial charge on any atom is -0.377 e. The van der Waals surface area contributed by atoms with Crippen LogP contribution in [0.25, 0.3) is 10.6 Å². The first-order chi connectivity index (χ1) is 20.9. The number of aromatic nitrogens is 2. The Bertz CT molecular complexity index is 1740. The van der Waals surface area contributed by atoms with Crippen LogP contribution in [0.2, 0.25) is 0 Å². The molecule has 234 valence electrons. The zero-order chi connectivity index (χ0) is 31.0. The van der Waals surface area contributed by atoms with Crippen LogP contribution in [0.15, 0.2) is 35.4 Å². The zero-order valence-electron chi connectivity index (χ0n) is 24.1. The van der Waals surface area contributed by atoms with Crippen LogP contribution in [0.4, 0.5) is 30.5 Å². The Morgan fingerprint density at radius 3 is 2.55 bits per heavy atom. The first-order valence-electron chi connectivity index (χ1n) is 14.5. The Balaban J connectivity index is 1.23. The number of carbonyl (C=O) groups is 1. The lowest BCUT2D eigenvalue weighted by atomic mass is 10.1. The van der Waals surface area contributed by atoms with Gasteiger partial charge in [0.1, 0.15) is 10.4 Å². The van der Waals surface area contributed by atoms with Gasteiger partial charge in [0.25, 0.3) is 5.91 Å². The summed E-state index contributed by atoms with van der Waals surface area (Å²) in [5.41, 5.74) is 1.13. The van der Waals surface area contributed by atoms with Crippen molar-refractivity contribution in [2.45, 2.75) is 49.0 Å². The number of rotatable bonds is 6. The number of amides is 1. The summed E-state index contributed by atoms with van der Waals surface area (Å²) in [7, 11) is -1.78. The van der Waals surface area contributed by atoms with Crippen LogP contribution in [-0.4, -0.2) is 97.9 Å². The predicted molar refractivity (Wildman–Crippen MR) is 159 cm³/mol. The Morgan fingerprint density at radius 1 is 1.11 bits per heavy atom. The third-order valence-corrected chi connectivity index (χ3v) is 12.0. The van der Waals surface area contributed by atoms with Crippen molar-refractivity contribution in [3.8, 4) is 10.6 Å². The number of aryl methyl sites for hydroxylation is 1. The molecule has 15 heteroatoms. The van der Waals surface area contributed by atoms with Crippen LogP contribution in [-0.2, 0) is 27.2 Å². The number of hydrogen-bond donors (Lipinski definition) is 1. The number of likely N-dealkylation sites (N-methyl/N-ethyl adjacent to an activating group) is 1. The number of nitrogens with zero attached hydrogens (tertiary/aromatic N) is 5. The maximum atomic E-state index is 14.2. The van der Waals surface area contributed by atoms with Crippen molar-refractivity contribution < 1.29 is 31.1 Å². The summed E-state index contributed by atoms with van der Waals surface area (Å²) >= 11 is 0.705. The lowest BCUT2D eigenvalue weighted by molar-refractivity contribution is -0.137. The Kier molecular flexibility index (Phi) is 7.14. The van der Waals surface area contributed by atoms with E-state index in [1.165, 1.54) is 4.90 Å². The van der Waals surface area contributed by atoms with Crippen LogP contribution >= 0.6 is 11.3 Å². The van der Waals surface area contributed by atoms with E-state index in [4.69, 9.17) is 4.74 Å². The zero-order valence-corrected chi connectivity index (χ0v) is 25.7. The van der Waals surface area contributed by atoms with E-state index in [0.29, 0.717) is 41.7 Å². The number of anilines is 3. The molecule has 2 atom stereocenters. The number of piperazine rings is 1. The number of sulfone groups is 1. The van der Waals surface area contributed by atoms with Crippen LogP contribution in [0.5, 0.6) is 0 Å². The number of benzene rings is 1. The summed E-state index contributed by atoms with van der Waals surface area (Å²) in [6, 6.07) is 7.86. The number of alkyl halides is 3. The Labute approximate surface area is 256 Å². The van der Waals surface area contributed by atoms with Crippen LogP contribution in [0.3, 0.4) is 0 Å². The smallest absolute Gasteiger partial charge is 0.377 e. The maximum absolute atomic E-state index is 14.2. The van der Waals surface area contributed by atoms with Crippen molar-refractivity contribution in [3.05, 3.63) is 46.5 Å². The molecule has 0 saturated carbocycles. The molecule has 3 fully saturated rings. The molecule has 0 spiro atoms. The maximum Gasteiger partial charge on any atom is 0.420 e. The van der Waals surface area contributed by atoms with E-state index in [0.717, 1.165) is 36.8 Å². The molecule has 1 N–H and O–H groups in total. The third-order valence-electron chi connectivity index (χ3n) is 9.04. The van der Waals surface area contributed by atoms with Crippen molar-refractivity contribution in [1.29, 1.82) is 0 Å². The standard InChI is InChI=1S/C29H31F3N6O4S2/c1-3-16-8-17(38-13-18-9-19(38)12-36(18)2)4-5-22(16)34-28-33-11-21(29(30,31)32)25(35-28)23-10-24-26(43-23)27(39)37(20-14-42-15-20)6-7-44(24,40)41/h4-5,8,10-11,18-20H,3,6-7,9,12-15H2,1-2H3,(H,33,34,35)/t18-,19-/m1/s1. The molecule has 0 unspecified atom stereocenters. The number of nitrogens with one attached hydrogen (secondary N) is 1. The largest absolute Gasteiger partial charge is 0.420 e. The summed E-state index contributed by atoms with van der Waals surface area (Å²) in [5, 5.41) is 3.09. The third kappa shape index (κ3) is 5.03. The topological polar surface area (TPSA) is 108 Å². The number of likely N-dealkylation sites (tertiary alicyclic amines) is 1. The molecule has 2 bridgehead atoms. The van der Waals surface area contributed by atoms with Gasteiger partial charge in [-0.15, -0.1) is 11.3 Å². The van der Waals surface area contributed by atoms with Crippen LogP contribution in [0.1, 0.15) is 34.1 Å². The number of fused-ring (bicyclic) bond motifs is 3. The number of halogens is 3. The van der Waals surface area contributed by atoms with Gasteiger partial charge in [0.2, 0.25) is 5.95 Å². The van der Waals surface area contributed by atoms with Gasteiger partial charge >= 0.3 is 6.18 Å². The molecule has 4 aliphatic rings. The SMILES string of the molecule is CCc1cc(N2C[C@H]3C[C@@H]2CN3C)ccc1Nc1ncc(C(F)(F)F)c(-c2cc3c(s2)C(=O)N(C2COC2)CCS3(=O)=O)n1. The first kappa shape index (κ1) is 29.4. The van der Waals surface area contributed by atoms with Gasteiger partial charge in [0.05, 0.1) is 40.5 Å². The van der Waals surface area contributed by atoms with Gasteiger partial charge in [-0.05, 0) is 49.7 Å². The molecular weight excluding hydrogens is 617 g/mol. The normalized spacial score (nSPS) is 23.5. The Hall–Kier alpha value is -3.27. The van der Waals surface area contributed by atoms with Crippen LogP contribution < -0.4 is 10.2 Å². The van der Waals surface area contributed by atoms with Crippen molar-refractivity contribution in [2.75, 3.05) is 55.9 Å². The molecule has 0 radical (unpaired) electrons. The minimum absolute atomic E-state index is 0.00407. The van der Waals surface area contributed by atoms with E-state index < -0.39 is 33.2 Å². The average Bonchev–Trinajstić information content (AvgIpc) is 3.67. The van der Waals surface area contributed by atoms with Crippen molar-refractivity contribution in [2.24, 2.45) is 0 Å². The summed E-state index contributed by atoms with van der Waals surface area (Å²) in [4.78, 5) is 27.4. The number of ether oxygens (including phenoxy) is 1. The summed E-state index contributed by atoms with van der Waals surface area (Å²) in [6.45, 7) is 4.54. The highest BCUT2D eigenvalue weighted by atomic mass is 32.2. The fraction of sp³-hybridized carbons (Fsp3) is 0.483. The predicted octanol–water partition coefficient (Wildman–Crippen LogP) is 4.05. The van der Waals surface area contributed by atoms with Gasteiger partial charge in [-0.1, -0.05) is 6.92 Å². The molecule has 7 rings (SSSR count). The molecule has 3 saturated heterocycles. The summed E-state index contributed by atoms with van der Waals surface area (Å²) in [6.07, 6.45) is -2.31. The Morgan fingerprint density at radius 2 is 1.91 bits per heavy atom. The van der Waals surface area contributed by atoms with Gasteiger partial charge in [-0.3, -0.25) is 9.69 Å². The highest BCUT2D eigenvalue weighted by molar-refractivity contribution is 7.91. The average molecular weight is 649 g/mol. The molecule has 1 aromatic carbocycles. The summed E-state index contributed by atoms with van der Waals surface area (Å²) < 4.78 is 74.0. The van der Waals surface area contributed by atoms with E-state index in [1.807, 2.05) is 19.1 Å². The molecule has 3 aromatic rings. The quantitative estimate of drug-likeness (QED) is 0.424. The monoisotopic (exact) mass is 648 g/mol. The van der Waals surface area contributed by atoms with E-state index in [-0.39, 0.29) is 52.2 Å². The second kappa shape index (κ2) is 10.7. The lowest BCUT2D eigenvalue weighted by Gasteiger charge is -2.36. The van der Waals surface area contributed by atoms with Crippen molar-refractivity contribution >= 4 is 44.4 Å². The molecule has 1 amide bonds. The second-order valence-electron chi connectivity index (χ2n) is 11.7. The van der Waals surface area contributed by atoms with Gasteiger partial charge in [0.15, 0.2) is 9.84 Å². The molecular formula is C29H31F3N6O4S2. The molecule has 10 nitrogen and oxygen atoms in total. The van der Waals surface area contributed by atoms with Crippen molar-refractivity contribution in [1.82, 2.24) is 19.8 Å². The van der Waals surface area contributed by atoms with Gasteiger partial charge in [0, 0.05) is 49.3 Å². The van der Waals surface area contributed by atoms with Gasteiger partial charge in [-0.2, -0.15) is 13.2 Å². The van der Waals surface area contributed by atoms with Crippen molar-refractivity contribution in [3.63, 3.8) is 0 Å². The number of carbonyl (C=O) groups excluding carboxylic acids is 1. The molecule has 6 heterocycles. The highest BCUT2D eigenvalue weighted by Gasteiger charge is 2.42. The molecule has 4 aliphatic heterocycles. The van der Waals surface area contributed by atoms with Crippen LogP contribution in [0, 0.1) is 0 Å². The first-order valence-corrected chi connectivity index (χ1v) is 17.0. The number of hydrogen-bond acceptors (Lipinski definition) is 10.